The summed E-state index contributed by atoms with van der Waals surface area (Å²) in [6.07, 6.45) is 3.10. The molecule has 0 unspecified atom stereocenters. The number of nitrogens with one attached hydrogen (secondary N) is 4. The number of fused-ring (bicyclic) bond motifs is 1. The van der Waals surface area contributed by atoms with Crippen molar-refractivity contribution in [3.05, 3.63) is 52.6 Å². The Balaban J connectivity index is 1.58. The summed E-state index contributed by atoms with van der Waals surface area (Å²) in [7, 11) is 1.49. The number of halogens is 1. The maximum absolute atomic E-state index is 13.7. The molecule has 10 heteroatoms. The van der Waals surface area contributed by atoms with E-state index in [0.717, 1.165) is 0 Å². The number of aromatic amines is 1. The van der Waals surface area contributed by atoms with Crippen LogP contribution in [0.15, 0.2) is 24.4 Å². The lowest BCUT2D eigenvalue weighted by Crippen LogP contribution is -2.47. The second-order valence-corrected chi connectivity index (χ2v) is 7.96. The molecule has 0 radical (unpaired) electrons. The van der Waals surface area contributed by atoms with Crippen LogP contribution in [0.3, 0.4) is 0 Å². The molecule has 0 bridgehead atoms. The first-order valence-electron chi connectivity index (χ1n) is 10.9. The average Bonchev–Trinajstić information content (AvgIpc) is 3.34. The highest BCUT2D eigenvalue weighted by Gasteiger charge is 2.25. The normalized spacial score (nSPS) is 13.9. The molecule has 3 rings (SSSR count). The summed E-state index contributed by atoms with van der Waals surface area (Å²) < 4.78 is 13.7. The van der Waals surface area contributed by atoms with Gasteiger partial charge in [0.05, 0.1) is 11.1 Å². The van der Waals surface area contributed by atoms with E-state index in [2.05, 4.69) is 32.8 Å². The van der Waals surface area contributed by atoms with Crippen LogP contribution in [0, 0.1) is 24.6 Å². The highest BCUT2D eigenvalue weighted by atomic mass is 19.1. The lowest BCUT2D eigenvalue weighted by Gasteiger charge is -2.21. The van der Waals surface area contributed by atoms with Crippen LogP contribution in [0.2, 0.25) is 0 Å². The van der Waals surface area contributed by atoms with Crippen molar-refractivity contribution in [1.29, 1.82) is 0 Å². The van der Waals surface area contributed by atoms with Crippen molar-refractivity contribution < 1.29 is 23.6 Å². The molecule has 2 aromatic rings. The fraction of sp³-hybridized carbons (Fsp3) is 0.280. The van der Waals surface area contributed by atoms with Gasteiger partial charge in [-0.2, -0.15) is 0 Å². The standard InChI is InChI=1S/C25H26FN5O4/c1-5-6-22(32)31(4)15(3)23(33)27-9-10-28-24(34)19-13-29-21(14(19)2)12-18-17-11-16(26)7-8-20(17)30-25(18)35/h7-8,11-13,15,29H,9-10H2,1-4H3,(H,27,33)(H,28,34)(H,30,35)/b18-12-/t15-/m0/s1. The number of hydrogen-bond acceptors (Lipinski definition) is 4. The lowest BCUT2D eigenvalue weighted by molar-refractivity contribution is -0.134. The second-order valence-electron chi connectivity index (χ2n) is 7.96. The minimum atomic E-state index is -0.715. The number of carbonyl (C=O) groups is 4. The van der Waals surface area contributed by atoms with Gasteiger partial charge in [-0.05, 0) is 56.5 Å². The van der Waals surface area contributed by atoms with Crippen LogP contribution in [-0.2, 0) is 14.4 Å². The van der Waals surface area contributed by atoms with E-state index in [1.165, 1.54) is 43.3 Å². The molecule has 1 aromatic heterocycles. The zero-order chi connectivity index (χ0) is 25.7. The van der Waals surface area contributed by atoms with Crippen molar-refractivity contribution >= 4 is 41.0 Å². The number of carbonyl (C=O) groups excluding carboxylic acids is 4. The molecule has 4 amide bonds. The third-order valence-corrected chi connectivity index (χ3v) is 5.70. The first-order valence-corrected chi connectivity index (χ1v) is 10.9. The van der Waals surface area contributed by atoms with Crippen LogP contribution < -0.4 is 16.0 Å². The third kappa shape index (κ3) is 5.58. The Hall–Kier alpha value is -4.39. The van der Waals surface area contributed by atoms with Gasteiger partial charge in [-0.15, -0.1) is 0 Å². The Morgan fingerprint density at radius 3 is 2.66 bits per heavy atom. The summed E-state index contributed by atoms with van der Waals surface area (Å²) in [5.41, 5.74) is 2.80. The van der Waals surface area contributed by atoms with Crippen LogP contribution in [0.1, 0.15) is 41.0 Å². The van der Waals surface area contributed by atoms with Crippen LogP contribution in [0.5, 0.6) is 0 Å². The minimum absolute atomic E-state index is 0.166. The summed E-state index contributed by atoms with van der Waals surface area (Å²) >= 11 is 0. The smallest absolute Gasteiger partial charge is 0.298 e. The molecule has 0 fully saturated rings. The van der Waals surface area contributed by atoms with Gasteiger partial charge in [-0.25, -0.2) is 4.39 Å². The summed E-state index contributed by atoms with van der Waals surface area (Å²) in [6, 6.07) is 3.34. The zero-order valence-corrected chi connectivity index (χ0v) is 19.8. The lowest BCUT2D eigenvalue weighted by atomic mass is 10.0. The molecule has 2 heterocycles. The molecular formula is C25H26FN5O4. The van der Waals surface area contributed by atoms with Crippen LogP contribution in [-0.4, -0.2) is 59.7 Å². The number of benzene rings is 1. The monoisotopic (exact) mass is 479 g/mol. The Morgan fingerprint density at radius 2 is 1.94 bits per heavy atom. The Labute approximate surface area is 202 Å². The van der Waals surface area contributed by atoms with E-state index in [-0.39, 0.29) is 30.8 Å². The maximum Gasteiger partial charge on any atom is 0.298 e. The first-order chi connectivity index (χ1) is 16.6. The molecule has 0 spiro atoms. The Bertz CT molecular complexity index is 1280. The fourth-order valence-corrected chi connectivity index (χ4v) is 3.50. The molecule has 1 atom stereocenters. The number of H-pyrrole nitrogens is 1. The van der Waals surface area contributed by atoms with Crippen LogP contribution in [0.4, 0.5) is 10.1 Å². The quantitative estimate of drug-likeness (QED) is 0.274. The Morgan fingerprint density at radius 1 is 1.23 bits per heavy atom. The highest BCUT2D eigenvalue weighted by Crippen LogP contribution is 2.34. The largest absolute Gasteiger partial charge is 0.361 e. The number of hydrogen-bond donors (Lipinski definition) is 4. The van der Waals surface area contributed by atoms with Crippen molar-refractivity contribution in [2.75, 3.05) is 25.5 Å². The number of aromatic nitrogens is 1. The van der Waals surface area contributed by atoms with Crippen LogP contribution in [0.25, 0.3) is 11.6 Å². The van der Waals surface area contributed by atoms with Gasteiger partial charge >= 0.3 is 0 Å². The first kappa shape index (κ1) is 25.2. The van der Waals surface area contributed by atoms with E-state index in [1.807, 2.05) is 0 Å². The van der Waals surface area contributed by atoms with Gasteiger partial charge in [0.25, 0.3) is 17.7 Å². The van der Waals surface area contributed by atoms with Crippen molar-refractivity contribution in [2.24, 2.45) is 0 Å². The maximum atomic E-state index is 13.7. The molecule has 0 aliphatic carbocycles. The van der Waals surface area contributed by atoms with E-state index in [4.69, 9.17) is 0 Å². The number of rotatable bonds is 7. The van der Waals surface area contributed by atoms with E-state index in [9.17, 15) is 23.6 Å². The molecule has 35 heavy (non-hydrogen) atoms. The fourth-order valence-electron chi connectivity index (χ4n) is 3.50. The molecular weight excluding hydrogens is 453 g/mol. The molecule has 0 saturated carbocycles. The number of nitrogens with zero attached hydrogens (tertiary/aromatic N) is 1. The summed E-state index contributed by atoms with van der Waals surface area (Å²) in [6.45, 7) is 5.18. The topological polar surface area (TPSA) is 123 Å². The van der Waals surface area contributed by atoms with Crippen molar-refractivity contribution in [3.8, 4) is 11.8 Å². The van der Waals surface area contributed by atoms with Crippen molar-refractivity contribution in [3.63, 3.8) is 0 Å². The van der Waals surface area contributed by atoms with Crippen molar-refractivity contribution in [1.82, 2.24) is 20.5 Å². The molecule has 1 aliphatic rings. The van der Waals surface area contributed by atoms with Gasteiger partial charge in [0.1, 0.15) is 11.9 Å². The molecule has 1 aromatic carbocycles. The number of likely N-dealkylation sites (N-methyl/N-ethyl adjacent to an activating group) is 1. The average molecular weight is 480 g/mol. The molecule has 182 valence electrons. The number of anilines is 1. The van der Waals surface area contributed by atoms with Gasteiger partial charge < -0.3 is 25.8 Å². The van der Waals surface area contributed by atoms with E-state index in [1.54, 1.807) is 19.9 Å². The van der Waals surface area contributed by atoms with Gasteiger partial charge in [-0.1, -0.05) is 5.92 Å². The summed E-state index contributed by atoms with van der Waals surface area (Å²) in [5.74, 6) is 2.87. The molecule has 4 N–H and O–H groups in total. The molecule has 0 saturated heterocycles. The highest BCUT2D eigenvalue weighted by molar-refractivity contribution is 6.34. The van der Waals surface area contributed by atoms with E-state index >= 15 is 0 Å². The van der Waals surface area contributed by atoms with Crippen LogP contribution >= 0.6 is 0 Å². The third-order valence-electron chi connectivity index (χ3n) is 5.70. The number of amides is 4. The molecule has 9 nitrogen and oxygen atoms in total. The van der Waals surface area contributed by atoms with E-state index in [0.29, 0.717) is 33.6 Å². The predicted octanol–water partition coefficient (Wildman–Crippen LogP) is 1.67. The van der Waals surface area contributed by atoms with Gasteiger partial charge in [-0.3, -0.25) is 19.2 Å². The predicted molar refractivity (Wildman–Crippen MR) is 129 cm³/mol. The summed E-state index contributed by atoms with van der Waals surface area (Å²) in [4.78, 5) is 53.2. The van der Waals surface area contributed by atoms with Gasteiger partial charge in [0.2, 0.25) is 5.91 Å². The van der Waals surface area contributed by atoms with Gasteiger partial charge in [0.15, 0.2) is 0 Å². The van der Waals surface area contributed by atoms with Gasteiger partial charge in [0, 0.05) is 43.3 Å². The second kappa shape index (κ2) is 10.7. The zero-order valence-electron chi connectivity index (χ0n) is 19.8. The molecule has 1 aliphatic heterocycles. The van der Waals surface area contributed by atoms with Crippen molar-refractivity contribution in [2.45, 2.75) is 26.8 Å². The van der Waals surface area contributed by atoms with E-state index < -0.39 is 17.8 Å². The summed E-state index contributed by atoms with van der Waals surface area (Å²) in [5, 5.41) is 8.07. The Kier molecular flexibility index (Phi) is 7.71. The minimum Gasteiger partial charge on any atom is -0.361 e. The SMILES string of the molecule is CC#CC(=O)N(C)[C@@H](C)C(=O)NCCNC(=O)c1c[nH]c(/C=C2\C(=O)Nc3ccc(F)cc32)c1C.